The molecule has 2 fully saturated rings. The van der Waals surface area contributed by atoms with Crippen LogP contribution in [0, 0.1) is 0 Å². The van der Waals surface area contributed by atoms with E-state index in [2.05, 4.69) is 47.1 Å². The van der Waals surface area contributed by atoms with Crippen LogP contribution in [0.25, 0.3) is 6.08 Å². The van der Waals surface area contributed by atoms with Gasteiger partial charge in [0.2, 0.25) is 0 Å². The number of likely N-dealkylation sites (tertiary alicyclic amines) is 1. The Morgan fingerprint density at radius 3 is 2.48 bits per heavy atom. The summed E-state index contributed by atoms with van der Waals surface area (Å²) in [5.41, 5.74) is 10.3. The zero-order valence-corrected chi connectivity index (χ0v) is 18.3. The van der Waals surface area contributed by atoms with Crippen molar-refractivity contribution >= 4 is 17.8 Å². The number of rotatable bonds is 5. The molecule has 1 amide bonds. The Labute approximate surface area is 184 Å². The summed E-state index contributed by atoms with van der Waals surface area (Å²) in [6.45, 7) is 7.65. The third-order valence-electron chi connectivity index (χ3n) is 6.17. The molecule has 2 aliphatic heterocycles. The molecule has 164 valence electrons. The van der Waals surface area contributed by atoms with Crippen LogP contribution in [-0.2, 0) is 4.74 Å². The molecule has 2 N–H and O–H groups in total. The molecule has 2 aromatic rings. The van der Waals surface area contributed by atoms with Gasteiger partial charge in [0.25, 0.3) is 5.91 Å². The monoisotopic (exact) mass is 420 g/mol. The van der Waals surface area contributed by atoms with Crippen LogP contribution in [0.5, 0.6) is 0 Å². The van der Waals surface area contributed by atoms with E-state index in [-0.39, 0.29) is 5.91 Å². The smallest absolute Gasteiger partial charge is 0.257 e. The first-order chi connectivity index (χ1) is 15.1. The number of nitrogens with zero attached hydrogens (tertiary/aromatic N) is 3. The predicted molar refractivity (Wildman–Crippen MR) is 124 cm³/mol. The molecule has 6 heteroatoms. The Hall–Kier alpha value is -2.70. The van der Waals surface area contributed by atoms with Crippen molar-refractivity contribution in [3.05, 3.63) is 64.9 Å². The Balaban J connectivity index is 1.33. The lowest BCUT2D eigenvalue weighted by molar-refractivity contribution is 0.0303. The molecule has 1 aromatic heterocycles. The van der Waals surface area contributed by atoms with Crippen LogP contribution in [0.2, 0.25) is 0 Å². The molecule has 0 bridgehead atoms. The van der Waals surface area contributed by atoms with E-state index in [1.54, 1.807) is 4.90 Å². The highest BCUT2D eigenvalue weighted by Crippen LogP contribution is 2.28. The third kappa shape index (κ3) is 5.51. The van der Waals surface area contributed by atoms with Gasteiger partial charge in [0.05, 0.1) is 18.8 Å². The second-order valence-corrected chi connectivity index (χ2v) is 8.53. The van der Waals surface area contributed by atoms with Crippen LogP contribution >= 0.6 is 0 Å². The molecule has 2 saturated heterocycles. The van der Waals surface area contributed by atoms with Crippen molar-refractivity contribution in [3.63, 3.8) is 0 Å². The summed E-state index contributed by atoms with van der Waals surface area (Å²) in [7, 11) is 0. The highest BCUT2D eigenvalue weighted by Gasteiger charge is 2.25. The summed E-state index contributed by atoms with van der Waals surface area (Å²) in [5.74, 6) is 0.693. The number of hydrogen-bond donors (Lipinski definition) is 1. The molecule has 0 radical (unpaired) electrons. The molecular weight excluding hydrogens is 388 g/mol. The molecule has 0 aliphatic carbocycles. The lowest BCUT2D eigenvalue weighted by Crippen LogP contribution is -2.41. The summed E-state index contributed by atoms with van der Waals surface area (Å²) in [4.78, 5) is 21.6. The number of piperidine rings is 1. The molecule has 1 aromatic carbocycles. The number of amides is 1. The second kappa shape index (κ2) is 10.1. The van der Waals surface area contributed by atoms with Crippen molar-refractivity contribution in [1.29, 1.82) is 0 Å². The summed E-state index contributed by atoms with van der Waals surface area (Å²) < 4.78 is 5.33. The van der Waals surface area contributed by atoms with Gasteiger partial charge in [0.1, 0.15) is 5.82 Å². The first-order valence-electron chi connectivity index (χ1n) is 11.2. The zero-order valence-electron chi connectivity index (χ0n) is 18.3. The quantitative estimate of drug-likeness (QED) is 0.803. The van der Waals surface area contributed by atoms with E-state index >= 15 is 0 Å². The summed E-state index contributed by atoms with van der Waals surface area (Å²) in [6.07, 6.45) is 4.38. The molecule has 0 unspecified atom stereocenters. The number of ether oxygens (including phenoxy) is 1. The standard InChI is InChI=1S/C25H32N4O2/c1-19(17-20-5-3-2-4-6-20)18-28-11-9-21(10-12-28)23-8-7-22(24(26)27-23)25(30)29-13-15-31-16-14-29/h2-8,17,21H,9-16,18H2,1H3,(H2,26,27). The van der Waals surface area contributed by atoms with Gasteiger partial charge in [0.15, 0.2) is 0 Å². The van der Waals surface area contributed by atoms with Crippen molar-refractivity contribution in [2.45, 2.75) is 25.7 Å². The van der Waals surface area contributed by atoms with Crippen molar-refractivity contribution in [3.8, 4) is 0 Å². The third-order valence-corrected chi connectivity index (χ3v) is 6.17. The van der Waals surface area contributed by atoms with Crippen molar-refractivity contribution in [2.24, 2.45) is 0 Å². The normalized spacial score (nSPS) is 18.9. The summed E-state index contributed by atoms with van der Waals surface area (Å²) in [6, 6.07) is 14.3. The molecule has 6 nitrogen and oxygen atoms in total. The molecule has 0 atom stereocenters. The zero-order chi connectivity index (χ0) is 21.6. The number of morpholine rings is 1. The van der Waals surface area contributed by atoms with Crippen molar-refractivity contribution in [1.82, 2.24) is 14.8 Å². The van der Waals surface area contributed by atoms with Crippen LogP contribution < -0.4 is 5.73 Å². The Morgan fingerprint density at radius 2 is 1.81 bits per heavy atom. The van der Waals surface area contributed by atoms with Crippen LogP contribution in [0.3, 0.4) is 0 Å². The molecular formula is C25H32N4O2. The van der Waals surface area contributed by atoms with E-state index < -0.39 is 0 Å². The molecule has 0 spiro atoms. The number of nitrogen functional groups attached to an aromatic ring is 1. The number of carbonyl (C=O) groups is 1. The van der Waals surface area contributed by atoms with Gasteiger partial charge in [-0.15, -0.1) is 0 Å². The predicted octanol–water partition coefficient (Wildman–Crippen LogP) is 3.42. The van der Waals surface area contributed by atoms with Crippen LogP contribution in [-0.4, -0.2) is 66.6 Å². The van der Waals surface area contributed by atoms with Crippen molar-refractivity contribution < 1.29 is 9.53 Å². The Morgan fingerprint density at radius 1 is 1.10 bits per heavy atom. The van der Waals surface area contributed by atoms with Gasteiger partial charge in [-0.3, -0.25) is 9.69 Å². The molecule has 3 heterocycles. The van der Waals surface area contributed by atoms with Gasteiger partial charge in [-0.05, 0) is 50.6 Å². The van der Waals surface area contributed by atoms with E-state index in [4.69, 9.17) is 10.5 Å². The molecule has 2 aliphatic rings. The van der Waals surface area contributed by atoms with E-state index in [1.807, 2.05) is 18.2 Å². The van der Waals surface area contributed by atoms with Crippen LogP contribution in [0.15, 0.2) is 48.0 Å². The molecule has 31 heavy (non-hydrogen) atoms. The van der Waals surface area contributed by atoms with Gasteiger partial charge >= 0.3 is 0 Å². The van der Waals surface area contributed by atoms with E-state index in [0.717, 1.165) is 38.2 Å². The molecule has 4 rings (SSSR count). The maximum atomic E-state index is 12.7. The maximum absolute atomic E-state index is 12.7. The Bertz CT molecular complexity index is 914. The van der Waals surface area contributed by atoms with E-state index in [0.29, 0.717) is 43.6 Å². The summed E-state index contributed by atoms with van der Waals surface area (Å²) in [5, 5.41) is 0. The first-order valence-corrected chi connectivity index (χ1v) is 11.2. The van der Waals surface area contributed by atoms with Gasteiger partial charge in [-0.2, -0.15) is 0 Å². The minimum atomic E-state index is -0.0460. The number of carbonyl (C=O) groups excluding carboxylic acids is 1. The van der Waals surface area contributed by atoms with Gasteiger partial charge < -0.3 is 15.4 Å². The Kier molecular flexibility index (Phi) is 6.99. The molecule has 0 saturated carbocycles. The number of hydrogen-bond acceptors (Lipinski definition) is 5. The van der Waals surface area contributed by atoms with Gasteiger partial charge in [-0.1, -0.05) is 42.0 Å². The largest absolute Gasteiger partial charge is 0.383 e. The van der Waals surface area contributed by atoms with E-state index in [1.165, 1.54) is 11.1 Å². The summed E-state index contributed by atoms with van der Waals surface area (Å²) >= 11 is 0. The number of nitrogens with two attached hydrogens (primary N) is 1. The average Bonchev–Trinajstić information content (AvgIpc) is 2.80. The highest BCUT2D eigenvalue weighted by atomic mass is 16.5. The number of pyridine rings is 1. The first kappa shape index (κ1) is 21.5. The second-order valence-electron chi connectivity index (χ2n) is 8.53. The lowest BCUT2D eigenvalue weighted by atomic mass is 9.92. The minimum absolute atomic E-state index is 0.0460. The fourth-order valence-electron chi connectivity index (χ4n) is 4.45. The topological polar surface area (TPSA) is 71.7 Å². The number of aromatic nitrogens is 1. The number of benzene rings is 1. The lowest BCUT2D eigenvalue weighted by Gasteiger charge is -2.32. The van der Waals surface area contributed by atoms with E-state index in [9.17, 15) is 4.79 Å². The maximum Gasteiger partial charge on any atom is 0.257 e. The highest BCUT2D eigenvalue weighted by molar-refractivity contribution is 5.98. The van der Waals surface area contributed by atoms with Crippen LogP contribution in [0.1, 0.15) is 47.3 Å². The van der Waals surface area contributed by atoms with Crippen LogP contribution in [0.4, 0.5) is 5.82 Å². The number of anilines is 1. The van der Waals surface area contributed by atoms with Crippen molar-refractivity contribution in [2.75, 3.05) is 51.7 Å². The fraction of sp³-hybridized carbons (Fsp3) is 0.440. The SMILES string of the molecule is CC(=Cc1ccccc1)CN1CCC(c2ccc(C(=O)N3CCOCC3)c(N)n2)CC1. The minimum Gasteiger partial charge on any atom is -0.383 e. The fourth-order valence-corrected chi connectivity index (χ4v) is 4.45. The van der Waals surface area contributed by atoms with Gasteiger partial charge in [-0.25, -0.2) is 4.98 Å². The van der Waals surface area contributed by atoms with Gasteiger partial charge in [0, 0.05) is 31.2 Å². The average molecular weight is 421 g/mol.